The van der Waals surface area contributed by atoms with Crippen LogP contribution in [0.2, 0.25) is 0 Å². The van der Waals surface area contributed by atoms with E-state index >= 15 is 0 Å². The van der Waals surface area contributed by atoms with Crippen molar-refractivity contribution in [1.82, 2.24) is 10.7 Å². The number of hydrogen-bond acceptors (Lipinski definition) is 5. The van der Waals surface area contributed by atoms with Crippen LogP contribution in [0.5, 0.6) is 0 Å². The van der Waals surface area contributed by atoms with E-state index in [1.807, 2.05) is 18.4 Å². The van der Waals surface area contributed by atoms with Crippen molar-refractivity contribution in [1.29, 1.82) is 0 Å². The van der Waals surface area contributed by atoms with Crippen LogP contribution in [0.1, 0.15) is 16.9 Å². The first kappa shape index (κ1) is 14.4. The number of rotatable bonds is 3. The molecule has 1 saturated heterocycles. The van der Waals surface area contributed by atoms with Gasteiger partial charge in [-0.1, -0.05) is 0 Å². The summed E-state index contributed by atoms with van der Waals surface area (Å²) in [5.41, 5.74) is 3.87. The summed E-state index contributed by atoms with van der Waals surface area (Å²) in [5, 5.41) is 9.35. The molecule has 1 unspecified atom stereocenters. The van der Waals surface area contributed by atoms with E-state index in [0.29, 0.717) is 11.5 Å². The van der Waals surface area contributed by atoms with Crippen LogP contribution < -0.4 is 10.7 Å². The van der Waals surface area contributed by atoms with Gasteiger partial charge < -0.3 is 5.32 Å². The van der Waals surface area contributed by atoms with Gasteiger partial charge in [-0.25, -0.2) is 8.42 Å². The summed E-state index contributed by atoms with van der Waals surface area (Å²) in [6.07, 6.45) is 2.30. The number of nitrogens with zero attached hydrogens (tertiary/aromatic N) is 1. The molecule has 0 saturated carbocycles. The lowest BCUT2D eigenvalue weighted by Gasteiger charge is -2.11. The van der Waals surface area contributed by atoms with Crippen LogP contribution >= 0.6 is 23.6 Å². The SMILES string of the molecule is Cc1ccsc1C=NNC(=S)NC1CCS(=O)(=O)C1. The van der Waals surface area contributed by atoms with E-state index in [0.717, 1.165) is 10.4 Å². The Hall–Kier alpha value is -0.990. The molecular formula is C11H15N3O2S3. The van der Waals surface area contributed by atoms with Crippen molar-refractivity contribution in [3.05, 3.63) is 21.9 Å². The van der Waals surface area contributed by atoms with Gasteiger partial charge in [-0.05, 0) is 42.6 Å². The second kappa shape index (κ2) is 5.98. The lowest BCUT2D eigenvalue weighted by Crippen LogP contribution is -2.40. The van der Waals surface area contributed by atoms with Crippen molar-refractivity contribution >= 4 is 44.7 Å². The highest BCUT2D eigenvalue weighted by atomic mass is 32.2. The first-order valence-corrected chi connectivity index (χ1v) is 8.91. The maximum absolute atomic E-state index is 11.3. The van der Waals surface area contributed by atoms with E-state index in [9.17, 15) is 8.42 Å². The molecule has 1 aromatic rings. The van der Waals surface area contributed by atoms with E-state index in [1.54, 1.807) is 17.6 Å². The Labute approximate surface area is 122 Å². The first-order valence-electron chi connectivity index (χ1n) is 5.80. The van der Waals surface area contributed by atoms with Gasteiger partial charge in [0.1, 0.15) is 0 Å². The van der Waals surface area contributed by atoms with Gasteiger partial charge in [-0.2, -0.15) is 5.10 Å². The van der Waals surface area contributed by atoms with E-state index in [-0.39, 0.29) is 17.5 Å². The third-order valence-corrected chi connectivity index (χ3v) is 5.75. The number of hydrazone groups is 1. The van der Waals surface area contributed by atoms with Crippen molar-refractivity contribution in [2.24, 2.45) is 5.10 Å². The minimum atomic E-state index is -2.89. The maximum atomic E-state index is 11.3. The number of hydrogen-bond donors (Lipinski definition) is 2. The Morgan fingerprint density at radius 1 is 1.63 bits per heavy atom. The second-order valence-electron chi connectivity index (χ2n) is 4.41. The third kappa shape index (κ3) is 4.26. The van der Waals surface area contributed by atoms with Gasteiger partial charge in [-0.15, -0.1) is 11.3 Å². The second-order valence-corrected chi connectivity index (χ2v) is 8.00. The quantitative estimate of drug-likeness (QED) is 0.495. The number of sulfone groups is 1. The van der Waals surface area contributed by atoms with Crippen LogP contribution in [0.3, 0.4) is 0 Å². The molecule has 2 heterocycles. The summed E-state index contributed by atoms with van der Waals surface area (Å²) in [5.74, 6) is 0.369. The van der Waals surface area contributed by atoms with E-state index < -0.39 is 9.84 Å². The summed E-state index contributed by atoms with van der Waals surface area (Å²) in [7, 11) is -2.89. The molecule has 2 N–H and O–H groups in total. The van der Waals surface area contributed by atoms with Gasteiger partial charge in [0.15, 0.2) is 14.9 Å². The molecule has 0 amide bonds. The zero-order valence-corrected chi connectivity index (χ0v) is 12.9. The molecule has 0 spiro atoms. The van der Waals surface area contributed by atoms with Crippen molar-refractivity contribution in [2.45, 2.75) is 19.4 Å². The molecule has 0 aromatic carbocycles. The average Bonchev–Trinajstić information content (AvgIpc) is 2.86. The number of aryl methyl sites for hydroxylation is 1. The van der Waals surface area contributed by atoms with E-state index in [1.165, 1.54) is 0 Å². The minimum Gasteiger partial charge on any atom is -0.358 e. The summed E-state index contributed by atoms with van der Waals surface area (Å²) in [6.45, 7) is 2.01. The molecule has 104 valence electrons. The molecule has 19 heavy (non-hydrogen) atoms. The predicted octanol–water partition coefficient (Wildman–Crippen LogP) is 1.04. The smallest absolute Gasteiger partial charge is 0.187 e. The third-order valence-electron chi connectivity index (χ3n) is 2.82. The molecular weight excluding hydrogens is 302 g/mol. The van der Waals surface area contributed by atoms with E-state index in [2.05, 4.69) is 15.8 Å². The topological polar surface area (TPSA) is 70.6 Å². The Morgan fingerprint density at radius 2 is 2.42 bits per heavy atom. The molecule has 1 aromatic heterocycles. The van der Waals surface area contributed by atoms with E-state index in [4.69, 9.17) is 12.2 Å². The van der Waals surface area contributed by atoms with Gasteiger partial charge in [-0.3, -0.25) is 5.43 Å². The largest absolute Gasteiger partial charge is 0.358 e. The summed E-state index contributed by atoms with van der Waals surface area (Å²) < 4.78 is 22.6. The van der Waals surface area contributed by atoms with Crippen molar-refractivity contribution in [3.63, 3.8) is 0 Å². The lowest BCUT2D eigenvalue weighted by molar-refractivity contribution is 0.600. The Morgan fingerprint density at radius 3 is 3.00 bits per heavy atom. The number of nitrogens with one attached hydrogen (secondary N) is 2. The molecule has 8 heteroatoms. The predicted molar refractivity (Wildman–Crippen MR) is 82.6 cm³/mol. The fraction of sp³-hybridized carbons (Fsp3) is 0.455. The van der Waals surface area contributed by atoms with Gasteiger partial charge in [0.2, 0.25) is 0 Å². The first-order chi connectivity index (χ1) is 8.96. The molecule has 0 bridgehead atoms. The highest BCUT2D eigenvalue weighted by Gasteiger charge is 2.28. The fourth-order valence-electron chi connectivity index (χ4n) is 1.79. The highest BCUT2D eigenvalue weighted by molar-refractivity contribution is 7.91. The summed E-state index contributed by atoms with van der Waals surface area (Å²) in [6, 6.07) is 1.91. The van der Waals surface area contributed by atoms with Gasteiger partial charge in [0, 0.05) is 10.9 Å². The number of thiocarbonyl (C=S) groups is 1. The van der Waals surface area contributed by atoms with Crippen molar-refractivity contribution in [3.8, 4) is 0 Å². The fourth-order valence-corrected chi connectivity index (χ4v) is 4.47. The van der Waals surface area contributed by atoms with Gasteiger partial charge in [0.05, 0.1) is 17.7 Å². The zero-order valence-electron chi connectivity index (χ0n) is 10.4. The molecule has 1 aliphatic rings. The van der Waals surface area contributed by atoms with Crippen LogP contribution in [0, 0.1) is 6.92 Å². The Balaban J connectivity index is 1.79. The molecule has 0 radical (unpaired) electrons. The summed E-state index contributed by atoms with van der Waals surface area (Å²) in [4.78, 5) is 1.07. The van der Waals surface area contributed by atoms with Gasteiger partial charge in [0.25, 0.3) is 0 Å². The number of thiophene rings is 1. The zero-order chi connectivity index (χ0) is 13.9. The lowest BCUT2D eigenvalue weighted by atomic mass is 10.3. The van der Waals surface area contributed by atoms with Crippen LogP contribution in [-0.2, 0) is 9.84 Å². The monoisotopic (exact) mass is 317 g/mol. The summed E-state index contributed by atoms with van der Waals surface area (Å²) >= 11 is 6.67. The Bertz CT molecular complexity index is 592. The Kier molecular flexibility index (Phi) is 4.54. The molecule has 1 atom stereocenters. The molecule has 1 fully saturated rings. The van der Waals surface area contributed by atoms with Crippen molar-refractivity contribution < 1.29 is 8.42 Å². The molecule has 5 nitrogen and oxygen atoms in total. The van der Waals surface area contributed by atoms with Gasteiger partial charge >= 0.3 is 0 Å². The van der Waals surface area contributed by atoms with Crippen LogP contribution in [0.4, 0.5) is 0 Å². The standard InChI is InChI=1S/C11H15N3O2S3/c1-8-2-4-18-10(8)6-12-14-11(17)13-9-3-5-19(15,16)7-9/h2,4,6,9H,3,5,7H2,1H3,(H2,13,14,17). The van der Waals surface area contributed by atoms with Crippen LogP contribution in [0.25, 0.3) is 0 Å². The van der Waals surface area contributed by atoms with Crippen molar-refractivity contribution in [2.75, 3.05) is 11.5 Å². The maximum Gasteiger partial charge on any atom is 0.187 e. The molecule has 0 aliphatic carbocycles. The normalized spacial score (nSPS) is 21.6. The highest BCUT2D eigenvalue weighted by Crippen LogP contribution is 2.12. The minimum absolute atomic E-state index is 0.108. The molecule has 2 rings (SSSR count). The van der Waals surface area contributed by atoms with Crippen LogP contribution in [0.15, 0.2) is 16.5 Å². The van der Waals surface area contributed by atoms with Crippen LogP contribution in [-0.4, -0.2) is 37.3 Å². The molecule has 1 aliphatic heterocycles. The average molecular weight is 317 g/mol.